The molecule has 1 aliphatic carbocycles. The number of aliphatic hydroxyl groups excluding tert-OH is 1. The molecule has 3 rings (SSSR count). The molecule has 2 atom stereocenters. The molecule has 0 amide bonds. The number of aliphatic hydroxyl groups is 1. The van der Waals surface area contributed by atoms with Gasteiger partial charge in [-0.1, -0.05) is 24.4 Å². The molecule has 4 nitrogen and oxygen atoms in total. The summed E-state index contributed by atoms with van der Waals surface area (Å²) in [6.45, 7) is 1.78. The highest BCUT2D eigenvalue weighted by molar-refractivity contribution is 6.32. The quantitative estimate of drug-likeness (QED) is 0.900. The first-order valence-electron chi connectivity index (χ1n) is 7.23. The van der Waals surface area contributed by atoms with E-state index < -0.39 is 0 Å². The van der Waals surface area contributed by atoms with Crippen molar-refractivity contribution < 1.29 is 14.6 Å². The predicted octanol–water partition coefficient (Wildman–Crippen LogP) is 2.50. The molecule has 0 saturated heterocycles. The highest BCUT2D eigenvalue weighted by Crippen LogP contribution is 2.38. The highest BCUT2D eigenvalue weighted by atomic mass is 35.5. The van der Waals surface area contributed by atoms with Crippen LogP contribution in [0.1, 0.15) is 31.2 Å². The van der Waals surface area contributed by atoms with Crippen LogP contribution >= 0.6 is 11.6 Å². The zero-order chi connectivity index (χ0) is 13.9. The summed E-state index contributed by atoms with van der Waals surface area (Å²) in [5.74, 6) is 1.35. The summed E-state index contributed by atoms with van der Waals surface area (Å²) >= 11 is 6.22. The summed E-state index contributed by atoms with van der Waals surface area (Å²) in [4.78, 5) is 0. The Morgan fingerprint density at radius 3 is 2.85 bits per heavy atom. The maximum Gasteiger partial charge on any atom is 0.179 e. The van der Waals surface area contributed by atoms with Gasteiger partial charge in [0.2, 0.25) is 0 Å². The van der Waals surface area contributed by atoms with E-state index in [9.17, 15) is 5.11 Å². The first-order chi connectivity index (χ1) is 9.74. The standard InChI is InChI=1S/C15H20ClNO3/c16-11-7-10(8-14-15(11)20-6-5-19-14)9-17-12-3-1-2-4-13(12)18/h7-8,12-13,17-18H,1-6,9H2. The van der Waals surface area contributed by atoms with E-state index in [1.54, 1.807) is 0 Å². The van der Waals surface area contributed by atoms with Crippen molar-refractivity contribution in [2.45, 2.75) is 44.4 Å². The second kappa shape index (κ2) is 6.20. The summed E-state index contributed by atoms with van der Waals surface area (Å²) in [5, 5.41) is 14.0. The van der Waals surface area contributed by atoms with Crippen molar-refractivity contribution >= 4 is 11.6 Å². The third kappa shape index (κ3) is 3.03. The van der Waals surface area contributed by atoms with Crippen molar-refractivity contribution in [1.82, 2.24) is 5.32 Å². The lowest BCUT2D eigenvalue weighted by atomic mass is 9.92. The van der Waals surface area contributed by atoms with Gasteiger partial charge in [0, 0.05) is 12.6 Å². The molecule has 2 N–H and O–H groups in total. The lowest BCUT2D eigenvalue weighted by Gasteiger charge is -2.28. The number of halogens is 1. The number of hydrogen-bond acceptors (Lipinski definition) is 4. The number of ether oxygens (including phenoxy) is 2. The molecule has 2 aliphatic rings. The van der Waals surface area contributed by atoms with Gasteiger partial charge in [0.05, 0.1) is 11.1 Å². The van der Waals surface area contributed by atoms with Gasteiger partial charge in [-0.2, -0.15) is 0 Å². The SMILES string of the molecule is OC1CCCCC1NCc1cc(Cl)c2c(c1)OCCO2. The van der Waals surface area contributed by atoms with Crippen LogP contribution in [-0.4, -0.2) is 30.5 Å². The molecule has 110 valence electrons. The van der Waals surface area contributed by atoms with Crippen LogP contribution in [-0.2, 0) is 6.54 Å². The number of rotatable bonds is 3. The largest absolute Gasteiger partial charge is 0.486 e. The second-order valence-corrected chi connectivity index (χ2v) is 5.85. The first-order valence-corrected chi connectivity index (χ1v) is 7.61. The fourth-order valence-corrected chi connectivity index (χ4v) is 3.15. The maximum absolute atomic E-state index is 9.96. The van der Waals surface area contributed by atoms with Crippen LogP contribution in [0.4, 0.5) is 0 Å². The van der Waals surface area contributed by atoms with Gasteiger partial charge < -0.3 is 19.9 Å². The van der Waals surface area contributed by atoms with Gasteiger partial charge in [-0.25, -0.2) is 0 Å². The van der Waals surface area contributed by atoms with E-state index in [1.807, 2.05) is 12.1 Å². The fourth-order valence-electron chi connectivity index (χ4n) is 2.86. The molecule has 2 unspecified atom stereocenters. The van der Waals surface area contributed by atoms with Gasteiger partial charge in [-0.3, -0.25) is 0 Å². The third-order valence-corrected chi connectivity index (χ3v) is 4.24. The average molecular weight is 298 g/mol. The number of hydrogen-bond donors (Lipinski definition) is 2. The molecule has 5 heteroatoms. The van der Waals surface area contributed by atoms with Crippen LogP contribution in [0.3, 0.4) is 0 Å². The van der Waals surface area contributed by atoms with E-state index in [-0.39, 0.29) is 12.1 Å². The Bertz CT molecular complexity index is 480. The monoisotopic (exact) mass is 297 g/mol. The molecule has 0 bridgehead atoms. The number of fused-ring (bicyclic) bond motifs is 1. The van der Waals surface area contributed by atoms with Crippen molar-refractivity contribution in [2.24, 2.45) is 0 Å². The van der Waals surface area contributed by atoms with Crippen LogP contribution in [0, 0.1) is 0 Å². The van der Waals surface area contributed by atoms with Crippen LogP contribution in [0.5, 0.6) is 11.5 Å². The van der Waals surface area contributed by atoms with Gasteiger partial charge in [0.25, 0.3) is 0 Å². The van der Waals surface area contributed by atoms with E-state index in [1.165, 1.54) is 6.42 Å². The van der Waals surface area contributed by atoms with Crippen molar-refractivity contribution in [2.75, 3.05) is 13.2 Å². The third-order valence-electron chi connectivity index (χ3n) is 3.95. The zero-order valence-electron chi connectivity index (χ0n) is 11.4. The minimum Gasteiger partial charge on any atom is -0.486 e. The Balaban J connectivity index is 1.67. The highest BCUT2D eigenvalue weighted by Gasteiger charge is 2.23. The van der Waals surface area contributed by atoms with E-state index in [0.717, 1.165) is 24.8 Å². The maximum atomic E-state index is 9.96. The number of benzene rings is 1. The molecule has 1 aliphatic heterocycles. The fraction of sp³-hybridized carbons (Fsp3) is 0.600. The molecule has 0 aromatic heterocycles. The molecule has 0 radical (unpaired) electrons. The van der Waals surface area contributed by atoms with E-state index in [2.05, 4.69) is 5.32 Å². The average Bonchev–Trinajstić information content (AvgIpc) is 2.46. The zero-order valence-corrected chi connectivity index (χ0v) is 12.2. The molecule has 1 saturated carbocycles. The Morgan fingerprint density at radius 1 is 1.20 bits per heavy atom. The predicted molar refractivity (Wildman–Crippen MR) is 77.5 cm³/mol. The van der Waals surface area contributed by atoms with E-state index >= 15 is 0 Å². The summed E-state index contributed by atoms with van der Waals surface area (Å²) in [6, 6.07) is 4.04. The molecule has 1 aromatic carbocycles. The Labute approximate surface area is 124 Å². The summed E-state index contributed by atoms with van der Waals surface area (Å²) in [6.07, 6.45) is 3.97. The summed E-state index contributed by atoms with van der Waals surface area (Å²) in [5.41, 5.74) is 1.05. The van der Waals surface area contributed by atoms with Gasteiger partial charge in [0.1, 0.15) is 13.2 Å². The van der Waals surface area contributed by atoms with Gasteiger partial charge in [0.15, 0.2) is 11.5 Å². The molecule has 0 spiro atoms. The van der Waals surface area contributed by atoms with Crippen molar-refractivity contribution in [3.63, 3.8) is 0 Å². The van der Waals surface area contributed by atoms with Crippen molar-refractivity contribution in [1.29, 1.82) is 0 Å². The minimum atomic E-state index is -0.239. The van der Waals surface area contributed by atoms with Gasteiger partial charge >= 0.3 is 0 Å². The Morgan fingerprint density at radius 2 is 2.00 bits per heavy atom. The van der Waals surface area contributed by atoms with E-state index in [0.29, 0.717) is 36.3 Å². The molecular weight excluding hydrogens is 278 g/mol. The van der Waals surface area contributed by atoms with Crippen LogP contribution in [0.25, 0.3) is 0 Å². The van der Waals surface area contributed by atoms with Crippen LogP contribution in [0.2, 0.25) is 5.02 Å². The lowest BCUT2D eigenvalue weighted by Crippen LogP contribution is -2.41. The Kier molecular flexibility index (Phi) is 4.34. The summed E-state index contributed by atoms with van der Waals surface area (Å²) < 4.78 is 11.1. The lowest BCUT2D eigenvalue weighted by molar-refractivity contribution is 0.0902. The summed E-state index contributed by atoms with van der Waals surface area (Å²) in [7, 11) is 0. The second-order valence-electron chi connectivity index (χ2n) is 5.44. The van der Waals surface area contributed by atoms with Crippen LogP contribution < -0.4 is 14.8 Å². The van der Waals surface area contributed by atoms with E-state index in [4.69, 9.17) is 21.1 Å². The molecule has 20 heavy (non-hydrogen) atoms. The molecule has 1 heterocycles. The van der Waals surface area contributed by atoms with Crippen molar-refractivity contribution in [3.8, 4) is 11.5 Å². The topological polar surface area (TPSA) is 50.7 Å². The molecular formula is C15H20ClNO3. The molecule has 1 fully saturated rings. The van der Waals surface area contributed by atoms with Gasteiger partial charge in [-0.15, -0.1) is 0 Å². The number of nitrogens with one attached hydrogen (secondary N) is 1. The first kappa shape index (κ1) is 14.0. The van der Waals surface area contributed by atoms with Crippen LogP contribution in [0.15, 0.2) is 12.1 Å². The van der Waals surface area contributed by atoms with Crippen molar-refractivity contribution in [3.05, 3.63) is 22.7 Å². The minimum absolute atomic E-state index is 0.177. The normalized spacial score (nSPS) is 25.5. The van der Waals surface area contributed by atoms with Gasteiger partial charge in [-0.05, 0) is 30.5 Å². The molecule has 1 aromatic rings. The smallest absolute Gasteiger partial charge is 0.179 e. The Hall–Kier alpha value is -0.970.